The SMILES string of the molecule is CC(C)CC(CN)C(=O)N(C)C1CCCc2ccccc21. The molecule has 0 aliphatic heterocycles. The molecular formula is C18H28N2O. The fraction of sp³-hybridized carbons (Fsp3) is 0.611. The van der Waals surface area contributed by atoms with Crippen LogP contribution in [-0.4, -0.2) is 24.4 Å². The molecule has 0 spiro atoms. The van der Waals surface area contributed by atoms with Crippen LogP contribution in [-0.2, 0) is 11.2 Å². The van der Waals surface area contributed by atoms with Crippen LogP contribution in [0.25, 0.3) is 0 Å². The maximum absolute atomic E-state index is 12.8. The Morgan fingerprint density at radius 1 is 1.38 bits per heavy atom. The molecule has 3 heteroatoms. The number of nitrogens with two attached hydrogens (primary N) is 1. The van der Waals surface area contributed by atoms with Gasteiger partial charge in [-0.2, -0.15) is 0 Å². The first-order valence-electron chi connectivity index (χ1n) is 8.09. The van der Waals surface area contributed by atoms with Crippen molar-refractivity contribution >= 4 is 5.91 Å². The van der Waals surface area contributed by atoms with E-state index >= 15 is 0 Å². The summed E-state index contributed by atoms with van der Waals surface area (Å²) in [5, 5.41) is 0. The molecule has 1 aliphatic carbocycles. The Hall–Kier alpha value is -1.35. The lowest BCUT2D eigenvalue weighted by molar-refractivity contribution is -0.137. The van der Waals surface area contributed by atoms with Crippen molar-refractivity contribution in [2.45, 2.75) is 45.6 Å². The van der Waals surface area contributed by atoms with Crippen LogP contribution < -0.4 is 5.73 Å². The highest BCUT2D eigenvalue weighted by Crippen LogP contribution is 2.34. The molecule has 0 heterocycles. The number of rotatable bonds is 5. The van der Waals surface area contributed by atoms with Crippen LogP contribution in [0.4, 0.5) is 0 Å². The molecule has 0 fully saturated rings. The summed E-state index contributed by atoms with van der Waals surface area (Å²) >= 11 is 0. The number of aryl methyl sites for hydroxylation is 1. The number of hydrogen-bond acceptors (Lipinski definition) is 2. The zero-order chi connectivity index (χ0) is 15.4. The maximum Gasteiger partial charge on any atom is 0.227 e. The number of hydrogen-bond donors (Lipinski definition) is 1. The van der Waals surface area contributed by atoms with Crippen molar-refractivity contribution in [1.29, 1.82) is 0 Å². The third-order valence-electron chi connectivity index (χ3n) is 4.54. The Kier molecular flexibility index (Phi) is 5.40. The van der Waals surface area contributed by atoms with E-state index in [-0.39, 0.29) is 17.9 Å². The Labute approximate surface area is 128 Å². The van der Waals surface area contributed by atoms with Crippen LogP contribution in [0.15, 0.2) is 24.3 Å². The Balaban J connectivity index is 2.16. The second kappa shape index (κ2) is 7.08. The van der Waals surface area contributed by atoms with Gasteiger partial charge in [0.1, 0.15) is 0 Å². The average Bonchev–Trinajstić information content (AvgIpc) is 2.50. The average molecular weight is 288 g/mol. The van der Waals surface area contributed by atoms with Crippen molar-refractivity contribution in [2.24, 2.45) is 17.6 Å². The van der Waals surface area contributed by atoms with E-state index in [4.69, 9.17) is 5.73 Å². The van der Waals surface area contributed by atoms with Gasteiger partial charge in [-0.1, -0.05) is 38.1 Å². The van der Waals surface area contributed by atoms with Crippen molar-refractivity contribution in [3.05, 3.63) is 35.4 Å². The van der Waals surface area contributed by atoms with Crippen LogP contribution in [0.2, 0.25) is 0 Å². The molecule has 0 bridgehead atoms. The molecule has 21 heavy (non-hydrogen) atoms. The molecule has 1 aliphatic rings. The molecular weight excluding hydrogens is 260 g/mol. The molecule has 2 unspecified atom stereocenters. The molecule has 3 nitrogen and oxygen atoms in total. The lowest BCUT2D eigenvalue weighted by Gasteiger charge is -2.35. The van der Waals surface area contributed by atoms with Gasteiger partial charge in [0, 0.05) is 13.6 Å². The van der Waals surface area contributed by atoms with E-state index in [9.17, 15) is 4.79 Å². The van der Waals surface area contributed by atoms with Crippen molar-refractivity contribution in [2.75, 3.05) is 13.6 Å². The normalized spacial score (nSPS) is 19.2. The van der Waals surface area contributed by atoms with E-state index in [1.807, 2.05) is 11.9 Å². The van der Waals surface area contributed by atoms with E-state index in [0.717, 1.165) is 25.7 Å². The molecule has 0 saturated carbocycles. The first kappa shape index (κ1) is 16.0. The largest absolute Gasteiger partial charge is 0.338 e. The van der Waals surface area contributed by atoms with Gasteiger partial charge >= 0.3 is 0 Å². The van der Waals surface area contributed by atoms with Gasteiger partial charge in [0.25, 0.3) is 0 Å². The first-order chi connectivity index (χ1) is 10.0. The molecule has 1 aromatic rings. The fourth-order valence-electron chi connectivity index (χ4n) is 3.44. The minimum Gasteiger partial charge on any atom is -0.338 e. The zero-order valence-electron chi connectivity index (χ0n) is 13.5. The predicted octanol–water partition coefficient (Wildman–Crippen LogP) is 3.14. The van der Waals surface area contributed by atoms with Crippen molar-refractivity contribution in [3.8, 4) is 0 Å². The molecule has 116 valence electrons. The summed E-state index contributed by atoms with van der Waals surface area (Å²) in [7, 11) is 1.94. The third kappa shape index (κ3) is 3.65. The fourth-order valence-corrected chi connectivity index (χ4v) is 3.44. The van der Waals surface area contributed by atoms with E-state index in [1.54, 1.807) is 0 Å². The van der Waals surface area contributed by atoms with Crippen molar-refractivity contribution in [1.82, 2.24) is 4.90 Å². The lowest BCUT2D eigenvalue weighted by atomic mass is 9.86. The van der Waals surface area contributed by atoms with E-state index in [2.05, 4.69) is 38.1 Å². The molecule has 1 aromatic carbocycles. The summed E-state index contributed by atoms with van der Waals surface area (Å²) in [6, 6.07) is 8.73. The van der Waals surface area contributed by atoms with Crippen LogP contribution in [0.3, 0.4) is 0 Å². The second-order valence-electron chi connectivity index (χ2n) is 6.62. The van der Waals surface area contributed by atoms with Crippen LogP contribution in [0.1, 0.15) is 50.3 Å². The Morgan fingerprint density at radius 3 is 2.76 bits per heavy atom. The van der Waals surface area contributed by atoms with Gasteiger partial charge in [-0.05, 0) is 42.7 Å². The van der Waals surface area contributed by atoms with Gasteiger partial charge in [0.2, 0.25) is 5.91 Å². The summed E-state index contributed by atoms with van der Waals surface area (Å²) < 4.78 is 0. The molecule has 1 amide bonds. The van der Waals surface area contributed by atoms with Gasteiger partial charge < -0.3 is 10.6 Å². The quantitative estimate of drug-likeness (QED) is 0.904. The number of carbonyl (C=O) groups is 1. The van der Waals surface area contributed by atoms with Gasteiger partial charge in [-0.15, -0.1) is 0 Å². The van der Waals surface area contributed by atoms with Crippen LogP contribution >= 0.6 is 0 Å². The molecule has 0 aromatic heterocycles. The highest BCUT2D eigenvalue weighted by molar-refractivity contribution is 5.79. The van der Waals surface area contributed by atoms with Crippen LogP contribution in [0, 0.1) is 11.8 Å². The highest BCUT2D eigenvalue weighted by Gasteiger charge is 2.30. The number of amides is 1. The summed E-state index contributed by atoms with van der Waals surface area (Å²) in [5.41, 5.74) is 8.55. The third-order valence-corrected chi connectivity index (χ3v) is 4.54. The smallest absolute Gasteiger partial charge is 0.227 e. The molecule has 0 radical (unpaired) electrons. The van der Waals surface area contributed by atoms with E-state index < -0.39 is 0 Å². The van der Waals surface area contributed by atoms with Gasteiger partial charge in [-0.3, -0.25) is 4.79 Å². The zero-order valence-corrected chi connectivity index (χ0v) is 13.5. The summed E-state index contributed by atoms with van der Waals surface area (Å²) in [5.74, 6) is 0.645. The van der Waals surface area contributed by atoms with Gasteiger partial charge in [-0.25, -0.2) is 0 Å². The first-order valence-corrected chi connectivity index (χ1v) is 8.09. The topological polar surface area (TPSA) is 46.3 Å². The Morgan fingerprint density at radius 2 is 2.10 bits per heavy atom. The Bertz CT molecular complexity index is 484. The second-order valence-corrected chi connectivity index (χ2v) is 6.62. The van der Waals surface area contributed by atoms with Crippen molar-refractivity contribution < 1.29 is 4.79 Å². The van der Waals surface area contributed by atoms with E-state index in [1.165, 1.54) is 11.1 Å². The van der Waals surface area contributed by atoms with Crippen LogP contribution in [0.5, 0.6) is 0 Å². The molecule has 2 N–H and O–H groups in total. The molecule has 0 saturated heterocycles. The number of nitrogens with zero attached hydrogens (tertiary/aromatic N) is 1. The number of carbonyl (C=O) groups excluding carboxylic acids is 1. The van der Waals surface area contributed by atoms with Gasteiger partial charge in [0.05, 0.1) is 12.0 Å². The summed E-state index contributed by atoms with van der Waals surface area (Å²) in [4.78, 5) is 14.7. The predicted molar refractivity (Wildman–Crippen MR) is 86.9 cm³/mol. The van der Waals surface area contributed by atoms with Gasteiger partial charge in [0.15, 0.2) is 0 Å². The summed E-state index contributed by atoms with van der Waals surface area (Å²) in [6.45, 7) is 4.73. The highest BCUT2D eigenvalue weighted by atomic mass is 16.2. The minimum absolute atomic E-state index is 0.0518. The summed E-state index contributed by atoms with van der Waals surface area (Å²) in [6.07, 6.45) is 4.20. The lowest BCUT2D eigenvalue weighted by Crippen LogP contribution is -2.40. The van der Waals surface area contributed by atoms with E-state index in [0.29, 0.717) is 12.5 Å². The molecule has 2 rings (SSSR count). The maximum atomic E-state index is 12.8. The number of fused-ring (bicyclic) bond motifs is 1. The monoisotopic (exact) mass is 288 g/mol. The molecule has 2 atom stereocenters. The number of benzene rings is 1. The van der Waals surface area contributed by atoms with Crippen molar-refractivity contribution in [3.63, 3.8) is 0 Å². The minimum atomic E-state index is -0.0518. The standard InChI is InChI=1S/C18H28N2O/c1-13(2)11-15(12-19)18(21)20(3)17-10-6-8-14-7-4-5-9-16(14)17/h4-5,7,9,13,15,17H,6,8,10-12,19H2,1-3H3.